The fourth-order valence-corrected chi connectivity index (χ4v) is 6.51. The van der Waals surface area contributed by atoms with Gasteiger partial charge in [-0.2, -0.15) is 0 Å². The van der Waals surface area contributed by atoms with Crippen molar-refractivity contribution in [3.8, 4) is 17.2 Å². The Morgan fingerprint density at radius 1 is 0.911 bits per heavy atom. The SMILES string of the molecule is CCCCNC(=O)C(CC)N(Cc1cccc(C)c1)C(=O)CN(c1cc(Cl)ccc1OC)S(=O)(=O)c1ccc(OC)c(OC)c1. The maximum atomic E-state index is 14.4. The van der Waals surface area contributed by atoms with Crippen molar-refractivity contribution in [3.63, 3.8) is 0 Å². The third-order valence-electron chi connectivity index (χ3n) is 7.28. The van der Waals surface area contributed by atoms with Crippen LogP contribution >= 0.6 is 11.6 Å². The van der Waals surface area contributed by atoms with Gasteiger partial charge in [-0.25, -0.2) is 8.42 Å². The van der Waals surface area contributed by atoms with Gasteiger partial charge in [-0.05, 0) is 55.7 Å². The van der Waals surface area contributed by atoms with Gasteiger partial charge < -0.3 is 24.4 Å². The number of halogens is 1. The molecule has 0 aliphatic heterocycles. The van der Waals surface area contributed by atoms with Gasteiger partial charge in [-0.15, -0.1) is 0 Å². The number of nitrogens with one attached hydrogen (secondary N) is 1. The van der Waals surface area contributed by atoms with E-state index in [1.165, 1.54) is 56.6 Å². The third-order valence-corrected chi connectivity index (χ3v) is 9.27. The van der Waals surface area contributed by atoms with E-state index in [2.05, 4.69) is 5.32 Å². The van der Waals surface area contributed by atoms with Gasteiger partial charge in [0.2, 0.25) is 11.8 Å². The number of amides is 2. The third kappa shape index (κ3) is 8.82. The highest BCUT2D eigenvalue weighted by Gasteiger charge is 2.35. The monoisotopic (exact) mass is 659 g/mol. The molecule has 45 heavy (non-hydrogen) atoms. The number of anilines is 1. The molecule has 0 spiro atoms. The molecule has 1 N–H and O–H groups in total. The summed E-state index contributed by atoms with van der Waals surface area (Å²) in [5, 5.41) is 3.17. The van der Waals surface area contributed by atoms with Crippen LogP contribution in [0.2, 0.25) is 5.02 Å². The normalized spacial score (nSPS) is 11.8. The summed E-state index contributed by atoms with van der Waals surface area (Å²) in [5.41, 5.74) is 1.85. The van der Waals surface area contributed by atoms with Gasteiger partial charge in [0.05, 0.1) is 31.9 Å². The number of benzene rings is 3. The summed E-state index contributed by atoms with van der Waals surface area (Å²) in [6.07, 6.45) is 2.01. The van der Waals surface area contributed by atoms with Crippen molar-refractivity contribution in [2.45, 2.75) is 57.5 Å². The van der Waals surface area contributed by atoms with E-state index in [9.17, 15) is 18.0 Å². The Balaban J connectivity index is 2.15. The minimum Gasteiger partial charge on any atom is -0.495 e. The van der Waals surface area contributed by atoms with Crippen molar-refractivity contribution in [1.29, 1.82) is 0 Å². The van der Waals surface area contributed by atoms with Crippen molar-refractivity contribution in [2.75, 3.05) is 38.7 Å². The van der Waals surface area contributed by atoms with Crippen LogP contribution in [0.4, 0.5) is 5.69 Å². The van der Waals surface area contributed by atoms with Crippen molar-refractivity contribution in [1.82, 2.24) is 10.2 Å². The number of nitrogens with zero attached hydrogens (tertiary/aromatic N) is 2. The molecule has 12 heteroatoms. The molecule has 0 aliphatic rings. The fraction of sp³-hybridized carbons (Fsp3) is 0.394. The number of hydrogen-bond acceptors (Lipinski definition) is 7. The number of hydrogen-bond donors (Lipinski definition) is 1. The van der Waals surface area contributed by atoms with Crippen LogP contribution in [-0.4, -0.2) is 65.6 Å². The molecule has 244 valence electrons. The van der Waals surface area contributed by atoms with Crippen molar-refractivity contribution in [3.05, 3.63) is 76.8 Å². The zero-order valence-corrected chi connectivity index (χ0v) is 28.2. The predicted molar refractivity (Wildman–Crippen MR) is 176 cm³/mol. The molecule has 0 heterocycles. The maximum Gasteiger partial charge on any atom is 0.265 e. The topological polar surface area (TPSA) is 114 Å². The molecule has 0 radical (unpaired) electrons. The summed E-state index contributed by atoms with van der Waals surface area (Å²) in [7, 11) is -0.190. The number of methoxy groups -OCH3 is 3. The Morgan fingerprint density at radius 2 is 1.60 bits per heavy atom. The van der Waals surface area contributed by atoms with Gasteiger partial charge in [0.25, 0.3) is 10.0 Å². The van der Waals surface area contributed by atoms with Crippen molar-refractivity contribution in [2.24, 2.45) is 0 Å². The first-order valence-corrected chi connectivity index (χ1v) is 16.5. The molecule has 3 aromatic carbocycles. The minimum atomic E-state index is -4.43. The van der Waals surface area contributed by atoms with Gasteiger partial charge >= 0.3 is 0 Å². The molecule has 3 aromatic rings. The molecule has 0 aromatic heterocycles. The molecular weight excluding hydrogens is 618 g/mol. The molecule has 0 fully saturated rings. The van der Waals surface area contributed by atoms with Crippen LogP contribution in [0.1, 0.15) is 44.2 Å². The molecular formula is C33H42ClN3O7S. The lowest BCUT2D eigenvalue weighted by atomic mass is 10.1. The minimum absolute atomic E-state index is 0.0593. The molecule has 2 amide bonds. The Bertz CT molecular complexity index is 1580. The first kappa shape index (κ1) is 35.5. The number of carbonyl (C=O) groups is 2. The zero-order chi connectivity index (χ0) is 33.1. The van der Waals surface area contributed by atoms with Crippen LogP contribution < -0.4 is 23.8 Å². The highest BCUT2D eigenvalue weighted by atomic mass is 35.5. The first-order chi connectivity index (χ1) is 21.5. The number of aryl methyl sites for hydroxylation is 1. The highest BCUT2D eigenvalue weighted by Crippen LogP contribution is 2.37. The predicted octanol–water partition coefficient (Wildman–Crippen LogP) is 5.59. The Morgan fingerprint density at radius 3 is 2.22 bits per heavy atom. The smallest absolute Gasteiger partial charge is 0.265 e. The van der Waals surface area contributed by atoms with Crippen LogP contribution in [0.5, 0.6) is 17.2 Å². The zero-order valence-electron chi connectivity index (χ0n) is 26.6. The molecule has 1 unspecified atom stereocenters. The fourth-order valence-electron chi connectivity index (χ4n) is 4.91. The number of carbonyl (C=O) groups excluding carboxylic acids is 2. The Labute approximate surface area is 271 Å². The molecule has 3 rings (SSSR count). The van der Waals surface area contributed by atoms with Gasteiger partial charge in [0, 0.05) is 24.2 Å². The van der Waals surface area contributed by atoms with E-state index in [-0.39, 0.29) is 39.6 Å². The van der Waals surface area contributed by atoms with Crippen LogP contribution in [0.25, 0.3) is 0 Å². The summed E-state index contributed by atoms with van der Waals surface area (Å²) < 4.78 is 45.8. The van der Waals surface area contributed by atoms with E-state index in [0.29, 0.717) is 18.7 Å². The van der Waals surface area contributed by atoms with Gasteiger partial charge in [-0.1, -0.05) is 61.7 Å². The summed E-state index contributed by atoms with van der Waals surface area (Å²) in [4.78, 5) is 29.0. The summed E-state index contributed by atoms with van der Waals surface area (Å²) >= 11 is 6.34. The number of unbranched alkanes of at least 4 members (excludes halogenated alkanes) is 1. The lowest BCUT2D eigenvalue weighted by molar-refractivity contribution is -0.140. The van der Waals surface area contributed by atoms with Crippen LogP contribution in [0.15, 0.2) is 65.6 Å². The highest BCUT2D eigenvalue weighted by molar-refractivity contribution is 7.92. The van der Waals surface area contributed by atoms with Crippen molar-refractivity contribution >= 4 is 39.1 Å². The first-order valence-electron chi connectivity index (χ1n) is 14.7. The standard InChI is InChI=1S/C33H42ClN3O7S/c1-7-9-17-35-33(39)27(8-2)36(21-24-12-10-11-23(3)18-24)32(38)22-37(28-19-25(34)13-15-29(28)42-4)45(40,41)26-14-16-30(43-5)31(20-26)44-6/h10-16,18-20,27H,7-9,17,21-22H2,1-6H3,(H,35,39). The number of rotatable bonds is 16. The van der Waals surface area contributed by atoms with Crippen molar-refractivity contribution < 1.29 is 32.2 Å². The molecule has 10 nitrogen and oxygen atoms in total. The summed E-state index contributed by atoms with van der Waals surface area (Å²) in [5.74, 6) is -0.171. The van der Waals surface area contributed by atoms with Crippen LogP contribution in [-0.2, 0) is 26.2 Å². The second-order valence-corrected chi connectivity index (χ2v) is 12.7. The maximum absolute atomic E-state index is 14.4. The number of ether oxygens (including phenoxy) is 3. The molecule has 0 bridgehead atoms. The van der Waals surface area contributed by atoms with Crippen LogP contribution in [0.3, 0.4) is 0 Å². The van der Waals surface area contributed by atoms with E-state index in [0.717, 1.165) is 28.3 Å². The van der Waals surface area contributed by atoms with E-state index in [1.807, 2.05) is 45.0 Å². The van der Waals surface area contributed by atoms with Crippen LogP contribution in [0, 0.1) is 6.92 Å². The van der Waals surface area contributed by atoms with Gasteiger partial charge in [0.1, 0.15) is 18.3 Å². The largest absolute Gasteiger partial charge is 0.495 e. The molecule has 0 saturated heterocycles. The molecule has 0 aliphatic carbocycles. The van der Waals surface area contributed by atoms with E-state index >= 15 is 0 Å². The van der Waals surface area contributed by atoms with E-state index in [1.54, 1.807) is 6.07 Å². The summed E-state index contributed by atoms with van der Waals surface area (Å²) in [6.45, 7) is 5.70. The lowest BCUT2D eigenvalue weighted by Crippen LogP contribution is -2.52. The Kier molecular flexibility index (Phi) is 12.9. The summed E-state index contributed by atoms with van der Waals surface area (Å²) in [6, 6.07) is 15.4. The van der Waals surface area contributed by atoms with E-state index < -0.39 is 28.5 Å². The second kappa shape index (κ2) is 16.4. The lowest BCUT2D eigenvalue weighted by Gasteiger charge is -2.33. The van der Waals surface area contributed by atoms with E-state index in [4.69, 9.17) is 25.8 Å². The Hall–Kier alpha value is -3.96. The van der Waals surface area contributed by atoms with Gasteiger partial charge in [0.15, 0.2) is 11.5 Å². The number of sulfonamides is 1. The quantitative estimate of drug-likeness (QED) is 0.199. The average Bonchev–Trinajstić information content (AvgIpc) is 3.03. The van der Waals surface area contributed by atoms with Gasteiger partial charge in [-0.3, -0.25) is 13.9 Å². The molecule has 1 atom stereocenters. The second-order valence-electron chi connectivity index (χ2n) is 10.4. The molecule has 0 saturated carbocycles. The average molecular weight is 660 g/mol.